The van der Waals surface area contributed by atoms with Crippen LogP contribution in [0.2, 0.25) is 0 Å². The van der Waals surface area contributed by atoms with Crippen molar-refractivity contribution in [1.29, 1.82) is 0 Å². The maximum absolute atomic E-state index is 14.8. The third kappa shape index (κ3) is 4.05. The molecule has 0 aliphatic heterocycles. The van der Waals surface area contributed by atoms with Gasteiger partial charge >= 0.3 is 0 Å². The van der Waals surface area contributed by atoms with Gasteiger partial charge in [0.2, 0.25) is 0 Å². The Labute approximate surface area is 254 Å². The lowest BCUT2D eigenvalue weighted by Gasteiger charge is -2.66. The van der Waals surface area contributed by atoms with Crippen LogP contribution >= 0.6 is 0 Å². The van der Waals surface area contributed by atoms with Crippen LogP contribution in [-0.4, -0.2) is 44.7 Å². The van der Waals surface area contributed by atoms with Crippen molar-refractivity contribution >= 4 is 28.9 Å². The highest BCUT2D eigenvalue weighted by Crippen LogP contribution is 2.70. The molecule has 0 bridgehead atoms. The number of hydrogen-bond donors (Lipinski definition) is 2. The van der Waals surface area contributed by atoms with E-state index in [4.69, 9.17) is 0 Å². The third-order valence-electron chi connectivity index (χ3n) is 12.2. The number of benzene rings is 1. The Morgan fingerprint density at radius 1 is 1.00 bits per heavy atom. The van der Waals surface area contributed by atoms with Crippen molar-refractivity contribution in [3.05, 3.63) is 40.5 Å². The second-order valence-electron chi connectivity index (χ2n) is 14.5. The molecule has 0 amide bonds. The number of carbonyl (C=O) groups is 5. The van der Waals surface area contributed by atoms with Crippen molar-refractivity contribution in [1.82, 2.24) is 0 Å². The summed E-state index contributed by atoms with van der Waals surface area (Å²) >= 11 is 0. The van der Waals surface area contributed by atoms with Crippen molar-refractivity contribution in [2.75, 3.05) is 0 Å². The highest BCUT2D eigenvalue weighted by Gasteiger charge is 2.78. The van der Waals surface area contributed by atoms with Crippen LogP contribution in [0.15, 0.2) is 29.3 Å². The molecule has 0 heterocycles. The quantitative estimate of drug-likeness (QED) is 0.247. The number of hydrogen-bond acceptors (Lipinski definition) is 7. The minimum atomic E-state index is -2.70. The molecule has 2 N–H and O–H groups in total. The molecule has 0 saturated heterocycles. The summed E-state index contributed by atoms with van der Waals surface area (Å²) in [4.78, 5) is 70.9. The van der Waals surface area contributed by atoms with Crippen LogP contribution < -0.4 is 0 Å². The summed E-state index contributed by atoms with van der Waals surface area (Å²) in [5.41, 5.74) is -3.63. The van der Waals surface area contributed by atoms with E-state index in [1.54, 1.807) is 26.0 Å². The maximum Gasteiger partial charge on any atom is 0.192 e. The van der Waals surface area contributed by atoms with Gasteiger partial charge in [0.15, 0.2) is 23.0 Å². The Bertz CT molecular complexity index is 1440. The van der Waals surface area contributed by atoms with Crippen LogP contribution in [-0.2, 0) is 19.2 Å². The van der Waals surface area contributed by atoms with Gasteiger partial charge in [-0.3, -0.25) is 24.0 Å². The summed E-state index contributed by atoms with van der Waals surface area (Å²) < 4.78 is 0. The van der Waals surface area contributed by atoms with Gasteiger partial charge in [-0.05, 0) is 61.5 Å². The summed E-state index contributed by atoms with van der Waals surface area (Å²) in [6, 6.07) is 4.84. The Kier molecular flexibility index (Phi) is 7.77. The number of fused-ring (bicyclic) bond motifs is 3. The largest absolute Gasteiger partial charge is 0.507 e. The van der Waals surface area contributed by atoms with E-state index in [0.29, 0.717) is 16.7 Å². The van der Waals surface area contributed by atoms with Crippen LogP contribution in [0.4, 0.5) is 0 Å². The first-order valence-electron chi connectivity index (χ1n) is 16.0. The van der Waals surface area contributed by atoms with Crippen molar-refractivity contribution in [3.8, 4) is 5.75 Å². The van der Waals surface area contributed by atoms with Gasteiger partial charge in [-0.25, -0.2) is 0 Å². The molecule has 1 aromatic rings. The standard InChI is InChI=1S/C36H46O7/c1-18(2)29-19(3)27(21(5)37)32(41)36(43)33(42)30-31(40)28-23(15-12-16-24(28)38)20(4)34(30,6)26(35(29,36)7)17-25(39)22-13-10-8-9-11-14-22/h12,15-16,18,20,22,26-27,30,38,43H,8-11,13-14,17H2,1-7H3/t20-,26-,27?,30?,34-,35-,36+/m0/s1. The number of ketones is 5. The molecular formula is C36H46O7. The predicted molar refractivity (Wildman–Crippen MR) is 162 cm³/mol. The molecule has 7 nitrogen and oxygen atoms in total. The molecule has 1 aromatic carbocycles. The topological polar surface area (TPSA) is 126 Å². The fraction of sp³-hybridized carbons (Fsp3) is 0.639. The minimum Gasteiger partial charge on any atom is -0.507 e. The van der Waals surface area contributed by atoms with Crippen molar-refractivity contribution in [2.45, 2.75) is 105 Å². The fourth-order valence-electron chi connectivity index (χ4n) is 10.1. The molecule has 7 atom stereocenters. The van der Waals surface area contributed by atoms with Gasteiger partial charge in [0.05, 0.1) is 11.5 Å². The van der Waals surface area contributed by atoms with Gasteiger partial charge in [0, 0.05) is 17.8 Å². The number of Topliss-reactive ketones (excluding diaryl/α,β-unsaturated/α-hetero) is 5. The Morgan fingerprint density at radius 2 is 1.60 bits per heavy atom. The number of rotatable bonds is 5. The lowest BCUT2D eigenvalue weighted by atomic mass is 9.35. The first-order chi connectivity index (χ1) is 20.1. The predicted octanol–water partition coefficient (Wildman–Crippen LogP) is 5.94. The average Bonchev–Trinajstić information content (AvgIpc) is 3.22. The zero-order valence-corrected chi connectivity index (χ0v) is 26.6. The van der Waals surface area contributed by atoms with E-state index in [1.807, 2.05) is 27.7 Å². The number of aromatic hydroxyl groups is 1. The van der Waals surface area contributed by atoms with Crippen molar-refractivity contribution in [3.63, 3.8) is 0 Å². The summed E-state index contributed by atoms with van der Waals surface area (Å²) in [7, 11) is 0. The van der Waals surface area contributed by atoms with Gasteiger partial charge in [0.25, 0.3) is 0 Å². The number of phenolic OH excluding ortho intramolecular Hbond substituents is 1. The molecular weight excluding hydrogens is 544 g/mol. The summed E-state index contributed by atoms with van der Waals surface area (Å²) in [6.45, 7) is 12.3. The smallest absolute Gasteiger partial charge is 0.192 e. The summed E-state index contributed by atoms with van der Waals surface area (Å²) in [6.07, 6.45) is 5.60. The van der Waals surface area contributed by atoms with E-state index in [2.05, 4.69) is 0 Å². The van der Waals surface area contributed by atoms with Gasteiger partial charge in [-0.2, -0.15) is 0 Å². The molecule has 0 spiro atoms. The highest BCUT2D eigenvalue weighted by atomic mass is 16.3. The second-order valence-corrected chi connectivity index (χ2v) is 14.5. The second kappa shape index (κ2) is 10.6. The molecule has 2 fully saturated rings. The van der Waals surface area contributed by atoms with Crippen LogP contribution in [0.25, 0.3) is 0 Å². The number of carbonyl (C=O) groups excluding carboxylic acids is 5. The van der Waals surface area contributed by atoms with Crippen LogP contribution in [0, 0.1) is 40.4 Å². The van der Waals surface area contributed by atoms with Gasteiger partial charge in [0.1, 0.15) is 23.2 Å². The fourth-order valence-corrected chi connectivity index (χ4v) is 10.1. The summed E-state index contributed by atoms with van der Waals surface area (Å²) in [5.74, 6) is -7.65. The number of aliphatic hydroxyl groups is 1. The SMILES string of the molecule is CC(=O)C1C(=O)[C@@]2(O)C(=O)C3C(=O)c4c(O)cccc4[C@H](C)[C@@]3(C)[C@H](CC(=O)C3CCCCCC3)[C@@]2(C)C(C(C)C)=C1C. The minimum absolute atomic E-state index is 0.00293. The molecule has 5 rings (SSSR count). The molecule has 4 aliphatic carbocycles. The van der Waals surface area contributed by atoms with Crippen LogP contribution in [0.1, 0.15) is 115 Å². The van der Waals surface area contributed by atoms with Crippen molar-refractivity contribution in [2.24, 2.45) is 40.4 Å². The van der Waals surface area contributed by atoms with Crippen LogP contribution in [0.3, 0.4) is 0 Å². The van der Waals surface area contributed by atoms with E-state index in [1.165, 1.54) is 13.0 Å². The molecule has 2 saturated carbocycles. The first kappa shape index (κ1) is 31.5. The van der Waals surface area contributed by atoms with E-state index in [9.17, 15) is 34.2 Å². The number of phenols is 1. The summed E-state index contributed by atoms with van der Waals surface area (Å²) in [5, 5.41) is 23.6. The monoisotopic (exact) mass is 590 g/mol. The first-order valence-corrected chi connectivity index (χ1v) is 16.0. The third-order valence-corrected chi connectivity index (χ3v) is 12.2. The average molecular weight is 591 g/mol. The lowest BCUT2D eigenvalue weighted by Crippen LogP contribution is -2.77. The highest BCUT2D eigenvalue weighted by molar-refractivity contribution is 6.27. The van der Waals surface area contributed by atoms with Crippen LogP contribution in [0.5, 0.6) is 5.75 Å². The van der Waals surface area contributed by atoms with E-state index in [-0.39, 0.29) is 35.4 Å². The number of allylic oxidation sites excluding steroid dienone is 1. The molecule has 4 aliphatic rings. The molecule has 7 heteroatoms. The van der Waals surface area contributed by atoms with Gasteiger partial charge in [-0.15, -0.1) is 0 Å². The lowest BCUT2D eigenvalue weighted by molar-refractivity contribution is -0.200. The Hall–Kier alpha value is -2.93. The van der Waals surface area contributed by atoms with E-state index >= 15 is 0 Å². The van der Waals surface area contributed by atoms with Gasteiger partial charge < -0.3 is 10.2 Å². The van der Waals surface area contributed by atoms with Crippen molar-refractivity contribution < 1.29 is 34.2 Å². The Balaban J connectivity index is 1.84. The normalized spacial score (nSPS) is 36.6. The molecule has 0 aromatic heterocycles. The zero-order valence-electron chi connectivity index (χ0n) is 26.6. The molecule has 232 valence electrons. The zero-order chi connectivity index (χ0) is 31.8. The molecule has 0 radical (unpaired) electrons. The Morgan fingerprint density at radius 3 is 2.16 bits per heavy atom. The molecule has 43 heavy (non-hydrogen) atoms. The maximum atomic E-state index is 14.8. The van der Waals surface area contributed by atoms with E-state index < -0.39 is 63.2 Å². The van der Waals surface area contributed by atoms with Gasteiger partial charge in [-0.1, -0.05) is 83.6 Å². The van der Waals surface area contributed by atoms with E-state index in [0.717, 1.165) is 38.5 Å². The molecule has 2 unspecified atom stereocenters.